The Morgan fingerprint density at radius 2 is 1.78 bits per heavy atom. The minimum absolute atomic E-state index is 0.0305. The highest BCUT2D eigenvalue weighted by molar-refractivity contribution is 5.88. The van der Waals surface area contributed by atoms with Crippen molar-refractivity contribution in [2.24, 2.45) is 0 Å². The molecule has 0 saturated heterocycles. The van der Waals surface area contributed by atoms with Gasteiger partial charge in [-0.15, -0.1) is 0 Å². The highest BCUT2D eigenvalue weighted by Gasteiger charge is 2.30. The van der Waals surface area contributed by atoms with Gasteiger partial charge in [-0.3, -0.25) is 9.59 Å². The molecule has 3 rings (SSSR count). The van der Waals surface area contributed by atoms with Gasteiger partial charge < -0.3 is 15.0 Å². The molecule has 2 aromatic rings. The molecule has 0 spiro atoms. The predicted molar refractivity (Wildman–Crippen MR) is 128 cm³/mol. The van der Waals surface area contributed by atoms with Gasteiger partial charge in [0, 0.05) is 12.6 Å². The Kier molecular flexibility index (Phi) is 8.72. The van der Waals surface area contributed by atoms with Crippen LogP contribution in [0.4, 0.5) is 0 Å². The fourth-order valence-electron chi connectivity index (χ4n) is 4.49. The highest BCUT2D eigenvalue weighted by atomic mass is 16.5. The van der Waals surface area contributed by atoms with E-state index in [1.54, 1.807) is 12.0 Å². The minimum Gasteiger partial charge on any atom is -0.497 e. The molecular weight excluding hydrogens is 400 g/mol. The number of hydrogen-bond donors (Lipinski definition) is 1. The normalized spacial score (nSPS) is 15.1. The predicted octanol–water partition coefficient (Wildman–Crippen LogP) is 4.80. The fourth-order valence-corrected chi connectivity index (χ4v) is 4.49. The third kappa shape index (κ3) is 6.59. The van der Waals surface area contributed by atoms with Crippen molar-refractivity contribution in [2.45, 2.75) is 77.4 Å². The topological polar surface area (TPSA) is 58.6 Å². The van der Waals surface area contributed by atoms with E-state index in [-0.39, 0.29) is 24.3 Å². The third-order valence-corrected chi connectivity index (χ3v) is 6.29. The summed E-state index contributed by atoms with van der Waals surface area (Å²) in [7, 11) is 1.63. The van der Waals surface area contributed by atoms with Crippen molar-refractivity contribution >= 4 is 11.8 Å². The van der Waals surface area contributed by atoms with Crippen molar-refractivity contribution < 1.29 is 14.3 Å². The Hall–Kier alpha value is -2.82. The quantitative estimate of drug-likeness (QED) is 0.614. The smallest absolute Gasteiger partial charge is 0.243 e. The lowest BCUT2D eigenvalue weighted by Gasteiger charge is -2.33. The molecule has 2 amide bonds. The van der Waals surface area contributed by atoms with E-state index in [4.69, 9.17) is 4.74 Å². The van der Waals surface area contributed by atoms with Gasteiger partial charge in [0.15, 0.2) is 0 Å². The Morgan fingerprint density at radius 3 is 2.41 bits per heavy atom. The van der Waals surface area contributed by atoms with E-state index in [9.17, 15) is 9.59 Å². The first-order valence-electron chi connectivity index (χ1n) is 11.8. The first kappa shape index (κ1) is 23.8. The molecular formula is C27H36N2O3. The van der Waals surface area contributed by atoms with Gasteiger partial charge in [0.1, 0.15) is 11.8 Å². The maximum atomic E-state index is 13.5. The molecule has 0 aliphatic heterocycles. The van der Waals surface area contributed by atoms with Crippen LogP contribution in [0.2, 0.25) is 0 Å². The number of hydrogen-bond acceptors (Lipinski definition) is 3. The van der Waals surface area contributed by atoms with Crippen LogP contribution in [0, 0.1) is 6.92 Å². The molecule has 2 aromatic carbocycles. The molecule has 1 aliphatic carbocycles. The van der Waals surface area contributed by atoms with Crippen molar-refractivity contribution in [2.75, 3.05) is 7.11 Å². The Bertz CT molecular complexity index is 888. The zero-order valence-corrected chi connectivity index (χ0v) is 19.6. The molecule has 1 N–H and O–H groups in total. The molecule has 5 nitrogen and oxygen atoms in total. The summed E-state index contributed by atoms with van der Waals surface area (Å²) in [6, 6.07) is 15.4. The van der Waals surface area contributed by atoms with Gasteiger partial charge >= 0.3 is 0 Å². The van der Waals surface area contributed by atoms with Crippen LogP contribution in [0.1, 0.15) is 62.1 Å². The van der Waals surface area contributed by atoms with Crippen molar-refractivity contribution in [1.82, 2.24) is 10.2 Å². The Morgan fingerprint density at radius 1 is 1.06 bits per heavy atom. The van der Waals surface area contributed by atoms with Crippen LogP contribution in [0.15, 0.2) is 48.5 Å². The summed E-state index contributed by atoms with van der Waals surface area (Å²) in [6.45, 7) is 4.40. The third-order valence-electron chi connectivity index (χ3n) is 6.29. The van der Waals surface area contributed by atoms with Crippen LogP contribution >= 0.6 is 0 Å². The molecule has 1 saturated carbocycles. The first-order valence-corrected chi connectivity index (χ1v) is 11.8. The second-order valence-corrected chi connectivity index (χ2v) is 8.80. The molecule has 0 heterocycles. The Balaban J connectivity index is 1.80. The van der Waals surface area contributed by atoms with Gasteiger partial charge in [0.2, 0.25) is 11.8 Å². The average molecular weight is 437 g/mol. The number of aryl methyl sites for hydroxylation is 1. The molecule has 0 unspecified atom stereocenters. The van der Waals surface area contributed by atoms with E-state index in [0.29, 0.717) is 13.0 Å². The van der Waals surface area contributed by atoms with Gasteiger partial charge in [-0.1, -0.05) is 68.1 Å². The van der Waals surface area contributed by atoms with Gasteiger partial charge in [0.25, 0.3) is 0 Å². The molecule has 1 atom stereocenters. The number of ether oxygens (including phenoxy) is 1. The number of carbonyl (C=O) groups is 2. The lowest BCUT2D eigenvalue weighted by Crippen LogP contribution is -2.51. The minimum atomic E-state index is -0.490. The molecule has 1 fully saturated rings. The summed E-state index contributed by atoms with van der Waals surface area (Å²) < 4.78 is 5.26. The number of nitrogens with zero attached hydrogens (tertiary/aromatic N) is 1. The summed E-state index contributed by atoms with van der Waals surface area (Å²) in [5.74, 6) is 0.705. The van der Waals surface area contributed by atoms with Crippen molar-refractivity contribution in [3.8, 4) is 5.75 Å². The summed E-state index contributed by atoms with van der Waals surface area (Å²) in [4.78, 5) is 28.5. The van der Waals surface area contributed by atoms with E-state index >= 15 is 0 Å². The molecule has 0 aromatic heterocycles. The van der Waals surface area contributed by atoms with Crippen LogP contribution in [0.5, 0.6) is 5.75 Å². The zero-order chi connectivity index (χ0) is 22.9. The number of rotatable bonds is 9. The van der Waals surface area contributed by atoms with E-state index in [0.717, 1.165) is 48.1 Å². The highest BCUT2D eigenvalue weighted by Crippen LogP contribution is 2.20. The molecule has 5 heteroatoms. The van der Waals surface area contributed by atoms with E-state index < -0.39 is 6.04 Å². The number of carbonyl (C=O) groups excluding carboxylic acids is 2. The van der Waals surface area contributed by atoms with Crippen LogP contribution in [0.3, 0.4) is 0 Å². The number of nitrogens with one attached hydrogen (secondary N) is 1. The molecule has 1 aliphatic rings. The molecule has 0 bridgehead atoms. The first-order chi connectivity index (χ1) is 15.5. The summed E-state index contributed by atoms with van der Waals surface area (Å²) >= 11 is 0. The lowest BCUT2D eigenvalue weighted by atomic mass is 9.95. The van der Waals surface area contributed by atoms with Crippen LogP contribution in [-0.4, -0.2) is 35.9 Å². The fraction of sp³-hybridized carbons (Fsp3) is 0.481. The van der Waals surface area contributed by atoms with Crippen LogP contribution in [-0.2, 0) is 22.6 Å². The van der Waals surface area contributed by atoms with Crippen molar-refractivity contribution in [3.05, 3.63) is 65.2 Å². The number of benzene rings is 2. The summed E-state index contributed by atoms with van der Waals surface area (Å²) in [5, 5.41) is 3.23. The summed E-state index contributed by atoms with van der Waals surface area (Å²) in [6.07, 6.45) is 6.46. The van der Waals surface area contributed by atoms with E-state index in [1.165, 1.54) is 6.42 Å². The van der Waals surface area contributed by atoms with Gasteiger partial charge in [0.05, 0.1) is 13.5 Å². The molecule has 32 heavy (non-hydrogen) atoms. The molecule has 172 valence electrons. The number of amides is 2. The molecule has 0 radical (unpaired) electrons. The van der Waals surface area contributed by atoms with Gasteiger partial charge in [-0.05, 0) is 49.4 Å². The monoisotopic (exact) mass is 436 g/mol. The SMILES string of the molecule is CC[C@H](C(=O)NC1CCCCC1)N(Cc1ccc(OC)cc1)C(=O)Cc1cccc(C)c1. The summed E-state index contributed by atoms with van der Waals surface area (Å²) in [5.41, 5.74) is 3.07. The maximum Gasteiger partial charge on any atom is 0.243 e. The second-order valence-electron chi connectivity index (χ2n) is 8.80. The largest absolute Gasteiger partial charge is 0.497 e. The van der Waals surface area contributed by atoms with E-state index in [1.807, 2.05) is 62.4 Å². The Labute approximate surface area is 192 Å². The average Bonchev–Trinajstić information content (AvgIpc) is 2.80. The standard InChI is InChI=1S/C27H36N2O3/c1-4-25(27(31)28-23-11-6-5-7-12-23)29(19-21-13-15-24(32-3)16-14-21)26(30)18-22-10-8-9-20(2)17-22/h8-10,13-17,23,25H,4-7,11-12,18-19H2,1-3H3,(H,28,31)/t25-/m1/s1. The second kappa shape index (κ2) is 11.7. The zero-order valence-electron chi connectivity index (χ0n) is 19.6. The van der Waals surface area contributed by atoms with Gasteiger partial charge in [-0.2, -0.15) is 0 Å². The van der Waals surface area contributed by atoms with Gasteiger partial charge in [-0.25, -0.2) is 0 Å². The maximum absolute atomic E-state index is 13.5. The van der Waals surface area contributed by atoms with E-state index in [2.05, 4.69) is 5.32 Å². The van der Waals surface area contributed by atoms with Crippen LogP contribution < -0.4 is 10.1 Å². The van der Waals surface area contributed by atoms with Crippen molar-refractivity contribution in [1.29, 1.82) is 0 Å². The van der Waals surface area contributed by atoms with Crippen molar-refractivity contribution in [3.63, 3.8) is 0 Å². The van der Waals surface area contributed by atoms with Crippen LogP contribution in [0.25, 0.3) is 0 Å². The number of methoxy groups -OCH3 is 1. The lowest BCUT2D eigenvalue weighted by molar-refractivity contribution is -0.141.